The van der Waals surface area contributed by atoms with Crippen molar-refractivity contribution >= 4 is 41.3 Å². The fourth-order valence-corrected chi connectivity index (χ4v) is 6.47. The second kappa shape index (κ2) is 9.40. The van der Waals surface area contributed by atoms with Crippen molar-refractivity contribution in [2.75, 3.05) is 5.75 Å². The Morgan fingerprint density at radius 1 is 1.09 bits per heavy atom. The van der Waals surface area contributed by atoms with Crippen molar-refractivity contribution in [2.24, 2.45) is 0 Å². The summed E-state index contributed by atoms with van der Waals surface area (Å²) in [7, 11) is 0. The van der Waals surface area contributed by atoms with E-state index in [1.807, 2.05) is 66.7 Å². The van der Waals surface area contributed by atoms with Crippen LogP contribution in [-0.2, 0) is 20.8 Å². The number of benzene rings is 2. The number of carbonyl (C=O) groups excluding carboxylic acids is 2. The van der Waals surface area contributed by atoms with Crippen LogP contribution in [0.15, 0.2) is 88.6 Å². The largest absolute Gasteiger partial charge is 0.477 e. The third-order valence-corrected chi connectivity index (χ3v) is 8.06. The van der Waals surface area contributed by atoms with Gasteiger partial charge in [0.1, 0.15) is 22.1 Å². The number of hydrogen-bond acceptors (Lipinski definition) is 6. The van der Waals surface area contributed by atoms with Gasteiger partial charge in [-0.25, -0.2) is 9.48 Å². The quantitative estimate of drug-likeness (QED) is 0.489. The van der Waals surface area contributed by atoms with E-state index in [1.165, 1.54) is 28.4 Å². The molecule has 10 heteroatoms. The standard InChI is InChI=1S/C24H20N4O4S2/c29-18(13-15-7-3-1-4-8-15)26-20-22(30)27-21(24(31)32)17(14-33-23(20)27)34-19-11-12-25-28(19)16-9-5-2-6-10-16/h1-12,20,23H,13-14H2,(H,26,29)(H,31,32)/t20-,23+/m1/s1. The third-order valence-electron chi connectivity index (χ3n) is 5.50. The van der Waals surface area contributed by atoms with Crippen molar-refractivity contribution in [3.05, 3.63) is 89.1 Å². The van der Waals surface area contributed by atoms with Gasteiger partial charge in [-0.2, -0.15) is 5.10 Å². The van der Waals surface area contributed by atoms with E-state index in [-0.39, 0.29) is 18.0 Å². The molecule has 172 valence electrons. The second-order valence-corrected chi connectivity index (χ2v) is 9.93. The Hall–Kier alpha value is -3.50. The number of carbonyl (C=O) groups is 3. The van der Waals surface area contributed by atoms with Gasteiger partial charge in [-0.15, -0.1) is 11.8 Å². The average molecular weight is 493 g/mol. The molecular formula is C24H20N4O4S2. The van der Waals surface area contributed by atoms with Crippen LogP contribution in [0, 0.1) is 0 Å². The van der Waals surface area contributed by atoms with Gasteiger partial charge in [0.05, 0.1) is 18.3 Å². The maximum Gasteiger partial charge on any atom is 0.353 e. The Morgan fingerprint density at radius 3 is 2.50 bits per heavy atom. The van der Waals surface area contributed by atoms with E-state index in [0.29, 0.717) is 10.7 Å². The van der Waals surface area contributed by atoms with Gasteiger partial charge >= 0.3 is 5.97 Å². The van der Waals surface area contributed by atoms with Crippen LogP contribution in [0.3, 0.4) is 0 Å². The number of carboxylic acids is 1. The Balaban J connectivity index is 1.34. The Labute approximate surface area is 204 Å². The van der Waals surface area contributed by atoms with Gasteiger partial charge < -0.3 is 10.4 Å². The zero-order valence-electron chi connectivity index (χ0n) is 17.8. The van der Waals surface area contributed by atoms with E-state index in [1.54, 1.807) is 10.9 Å². The molecule has 0 spiro atoms. The fourth-order valence-electron chi connectivity index (χ4n) is 3.93. The van der Waals surface area contributed by atoms with Crippen LogP contribution < -0.4 is 5.32 Å². The van der Waals surface area contributed by atoms with Crippen LogP contribution >= 0.6 is 23.5 Å². The van der Waals surface area contributed by atoms with Crippen molar-refractivity contribution in [1.82, 2.24) is 20.0 Å². The van der Waals surface area contributed by atoms with Gasteiger partial charge in [-0.1, -0.05) is 60.3 Å². The highest BCUT2D eigenvalue weighted by Gasteiger charge is 2.54. The monoisotopic (exact) mass is 492 g/mol. The highest BCUT2D eigenvalue weighted by atomic mass is 32.2. The van der Waals surface area contributed by atoms with Crippen LogP contribution in [0.25, 0.3) is 5.69 Å². The topological polar surface area (TPSA) is 105 Å². The number of hydrogen-bond donors (Lipinski definition) is 2. The summed E-state index contributed by atoms with van der Waals surface area (Å²) in [6, 6.07) is 19.9. The molecule has 3 heterocycles. The van der Waals surface area contributed by atoms with E-state index < -0.39 is 23.3 Å². The SMILES string of the molecule is O=C(Cc1ccccc1)N[C@@H]1C(=O)N2C(C(=O)O)=C(Sc3ccnn3-c3ccccc3)CS[C@@H]12. The maximum atomic E-state index is 12.9. The maximum absolute atomic E-state index is 12.9. The predicted octanol–water partition coefficient (Wildman–Crippen LogP) is 2.90. The lowest BCUT2D eigenvalue weighted by molar-refractivity contribution is -0.150. The zero-order valence-corrected chi connectivity index (χ0v) is 19.5. The summed E-state index contributed by atoms with van der Waals surface area (Å²) >= 11 is 2.73. The highest BCUT2D eigenvalue weighted by Crippen LogP contribution is 2.45. The lowest BCUT2D eigenvalue weighted by Gasteiger charge is -2.49. The van der Waals surface area contributed by atoms with E-state index >= 15 is 0 Å². The number of amides is 2. The molecule has 1 fully saturated rings. The molecule has 0 saturated carbocycles. The molecule has 1 saturated heterocycles. The summed E-state index contributed by atoms with van der Waals surface area (Å²) in [6.45, 7) is 0. The number of rotatable bonds is 7. The fraction of sp³-hybridized carbons (Fsp3) is 0.167. The molecule has 2 N–H and O–H groups in total. The number of aromatic nitrogens is 2. The molecule has 0 radical (unpaired) electrons. The van der Waals surface area contributed by atoms with Crippen LogP contribution in [0.1, 0.15) is 5.56 Å². The third kappa shape index (κ3) is 4.22. The van der Waals surface area contributed by atoms with Gasteiger partial charge in [0.25, 0.3) is 5.91 Å². The first-order valence-electron chi connectivity index (χ1n) is 10.5. The minimum absolute atomic E-state index is 0.0341. The minimum atomic E-state index is -1.17. The molecular weight excluding hydrogens is 472 g/mol. The van der Waals surface area contributed by atoms with E-state index in [4.69, 9.17) is 0 Å². The van der Waals surface area contributed by atoms with Crippen molar-refractivity contribution < 1.29 is 19.5 Å². The van der Waals surface area contributed by atoms with Gasteiger partial charge in [0, 0.05) is 10.7 Å². The smallest absolute Gasteiger partial charge is 0.353 e. The molecule has 1 aromatic heterocycles. The molecule has 5 rings (SSSR count). The van der Waals surface area contributed by atoms with E-state index in [9.17, 15) is 19.5 Å². The average Bonchev–Trinajstić information content (AvgIpc) is 3.31. The molecule has 0 unspecified atom stereocenters. The molecule has 8 nitrogen and oxygen atoms in total. The van der Waals surface area contributed by atoms with Crippen LogP contribution in [0.2, 0.25) is 0 Å². The minimum Gasteiger partial charge on any atom is -0.477 e. The van der Waals surface area contributed by atoms with Crippen molar-refractivity contribution in [1.29, 1.82) is 0 Å². The predicted molar refractivity (Wildman–Crippen MR) is 129 cm³/mol. The number of para-hydroxylation sites is 1. The Morgan fingerprint density at radius 2 is 1.79 bits per heavy atom. The van der Waals surface area contributed by atoms with Crippen LogP contribution in [-0.4, -0.2) is 54.7 Å². The molecule has 2 aromatic carbocycles. The normalized spacial score (nSPS) is 19.4. The second-order valence-electron chi connectivity index (χ2n) is 7.71. The molecule has 0 bridgehead atoms. The molecule has 2 amide bonds. The summed E-state index contributed by atoms with van der Waals surface area (Å²) in [5.74, 6) is -1.43. The molecule has 3 aromatic rings. The Bertz CT molecular complexity index is 1280. The number of carboxylic acid groups (broad SMARTS) is 1. The number of nitrogens with zero attached hydrogens (tertiary/aromatic N) is 3. The van der Waals surface area contributed by atoms with E-state index in [0.717, 1.165) is 16.3 Å². The molecule has 34 heavy (non-hydrogen) atoms. The molecule has 0 aliphatic carbocycles. The zero-order chi connectivity index (χ0) is 23.7. The lowest BCUT2D eigenvalue weighted by atomic mass is 10.0. The summed E-state index contributed by atoms with van der Waals surface area (Å²) in [5, 5.41) is 17.4. The van der Waals surface area contributed by atoms with Gasteiger partial charge in [0.15, 0.2) is 0 Å². The first kappa shape index (κ1) is 22.3. The summed E-state index contributed by atoms with van der Waals surface area (Å²) in [5.41, 5.74) is 1.67. The van der Waals surface area contributed by atoms with Crippen molar-refractivity contribution in [3.8, 4) is 5.69 Å². The number of β-lactam (4-membered cyclic amide) rings is 1. The van der Waals surface area contributed by atoms with Crippen molar-refractivity contribution in [3.63, 3.8) is 0 Å². The summed E-state index contributed by atoms with van der Waals surface area (Å²) < 4.78 is 1.73. The van der Waals surface area contributed by atoms with Gasteiger partial charge in [-0.3, -0.25) is 14.5 Å². The number of thioether (sulfide) groups is 2. The molecule has 2 aliphatic heterocycles. The molecule has 2 aliphatic rings. The summed E-state index contributed by atoms with van der Waals surface area (Å²) in [6.07, 6.45) is 1.82. The van der Waals surface area contributed by atoms with Gasteiger partial charge in [-0.05, 0) is 23.8 Å². The number of fused-ring (bicyclic) bond motifs is 1. The van der Waals surface area contributed by atoms with Crippen LogP contribution in [0.5, 0.6) is 0 Å². The van der Waals surface area contributed by atoms with E-state index in [2.05, 4.69) is 10.4 Å². The lowest BCUT2D eigenvalue weighted by Crippen LogP contribution is -2.70. The highest BCUT2D eigenvalue weighted by molar-refractivity contribution is 8.06. The Kier molecular flexibility index (Phi) is 6.16. The first-order chi connectivity index (χ1) is 16.5. The number of aliphatic carboxylic acids is 1. The molecule has 2 atom stereocenters. The van der Waals surface area contributed by atoms with Crippen LogP contribution in [0.4, 0.5) is 0 Å². The first-order valence-corrected chi connectivity index (χ1v) is 12.4. The summed E-state index contributed by atoms with van der Waals surface area (Å²) in [4.78, 5) is 39.4. The number of nitrogens with one attached hydrogen (secondary N) is 1. The van der Waals surface area contributed by atoms with Crippen molar-refractivity contribution in [2.45, 2.75) is 22.9 Å². The van der Waals surface area contributed by atoms with Gasteiger partial charge in [0.2, 0.25) is 5.91 Å².